The van der Waals surface area contributed by atoms with Crippen molar-refractivity contribution >= 4 is 6.09 Å². The van der Waals surface area contributed by atoms with Crippen LogP contribution in [0.2, 0.25) is 0 Å². The topological polar surface area (TPSA) is 192 Å². The lowest BCUT2D eigenvalue weighted by Crippen LogP contribution is -2.45. The van der Waals surface area contributed by atoms with Crippen LogP contribution in [0.3, 0.4) is 0 Å². The first-order chi connectivity index (χ1) is 12.8. The lowest BCUT2D eigenvalue weighted by molar-refractivity contribution is -0.131. The van der Waals surface area contributed by atoms with Gasteiger partial charge in [-0.1, -0.05) is 0 Å². The highest BCUT2D eigenvalue weighted by Crippen LogP contribution is 2.17. The summed E-state index contributed by atoms with van der Waals surface area (Å²) in [6.07, 6.45) is -3.27. The molecule has 0 aliphatic carbocycles. The molecule has 8 N–H and O–H groups in total. The van der Waals surface area contributed by atoms with Crippen molar-refractivity contribution < 1.29 is 54.0 Å². The molecule has 11 nitrogen and oxygen atoms in total. The Morgan fingerprint density at radius 3 is 2.11 bits per heavy atom. The molecule has 2 aliphatic heterocycles. The molecule has 12 heteroatoms. The maximum atomic E-state index is 10.5. The van der Waals surface area contributed by atoms with Crippen molar-refractivity contribution in [1.82, 2.24) is 0 Å². The Morgan fingerprint density at radius 2 is 1.74 bits per heavy atom. The van der Waals surface area contributed by atoms with Gasteiger partial charge in [-0.05, 0) is 6.42 Å². The number of carbonyl (C=O) groups is 1. The van der Waals surface area contributed by atoms with Crippen LogP contribution in [-0.4, -0.2) is 114 Å². The van der Waals surface area contributed by atoms with Gasteiger partial charge in [0.05, 0.1) is 38.6 Å². The number of carbonyl (C=O) groups excluding carboxylic acids is 1. The van der Waals surface area contributed by atoms with E-state index in [1.807, 2.05) is 0 Å². The molecule has 0 bridgehead atoms. The van der Waals surface area contributed by atoms with Gasteiger partial charge >= 0.3 is 6.09 Å². The maximum absolute atomic E-state index is 10.5. The molecule has 5 unspecified atom stereocenters. The van der Waals surface area contributed by atoms with Crippen LogP contribution in [0.4, 0.5) is 9.18 Å². The average Bonchev–Trinajstić information content (AvgIpc) is 2.68. The molecule has 0 radical (unpaired) electrons. The molecule has 2 fully saturated rings. The van der Waals surface area contributed by atoms with Crippen molar-refractivity contribution in [3.8, 4) is 0 Å². The van der Waals surface area contributed by atoms with E-state index in [0.717, 1.165) is 7.11 Å². The Kier molecular flexibility index (Phi) is 19.0. The third kappa shape index (κ3) is 14.6. The maximum Gasteiger partial charge on any atom is 0.404 e. The minimum Gasteiger partial charge on any atom is -0.443 e. The van der Waals surface area contributed by atoms with E-state index in [1.54, 1.807) is 0 Å². The molecule has 2 aliphatic rings. The van der Waals surface area contributed by atoms with E-state index in [-0.39, 0.29) is 32.8 Å². The van der Waals surface area contributed by atoms with E-state index in [2.05, 4.69) is 4.74 Å². The van der Waals surface area contributed by atoms with Crippen LogP contribution in [0.25, 0.3) is 0 Å². The number of primary amides is 1. The highest BCUT2D eigenvalue weighted by Gasteiger charge is 2.31. The summed E-state index contributed by atoms with van der Waals surface area (Å²) in [5, 5.41) is 50.2. The largest absolute Gasteiger partial charge is 0.443 e. The Hall–Kier alpha value is -1.12. The monoisotopic (exact) mass is 405 g/mol. The third-order valence-corrected chi connectivity index (χ3v) is 3.27. The summed E-state index contributed by atoms with van der Waals surface area (Å²) in [6, 6.07) is 0. The number of halogens is 1. The normalized spacial score (nSPS) is 29.6. The summed E-state index contributed by atoms with van der Waals surface area (Å²) < 4.78 is 25.0. The first kappa shape index (κ1) is 28.1. The van der Waals surface area contributed by atoms with Gasteiger partial charge in [0.2, 0.25) is 0 Å². The van der Waals surface area contributed by atoms with Gasteiger partial charge in [-0.25, -0.2) is 9.18 Å². The van der Waals surface area contributed by atoms with Crippen LogP contribution in [0, 0.1) is 0 Å². The van der Waals surface area contributed by atoms with Crippen LogP contribution in [-0.2, 0) is 14.2 Å². The smallest absolute Gasteiger partial charge is 0.404 e. The van der Waals surface area contributed by atoms with Gasteiger partial charge in [0.1, 0.15) is 25.0 Å². The van der Waals surface area contributed by atoms with E-state index in [9.17, 15) is 14.3 Å². The van der Waals surface area contributed by atoms with Crippen molar-refractivity contribution in [3.63, 3.8) is 0 Å². The molecular weight excluding hydrogens is 373 g/mol. The first-order valence-corrected chi connectivity index (χ1v) is 8.27. The predicted molar refractivity (Wildman–Crippen MR) is 90.6 cm³/mol. The zero-order chi connectivity index (χ0) is 21.2. The minimum absolute atomic E-state index is 0.0448. The quantitative estimate of drug-likeness (QED) is 0.259. The number of hydrogen-bond donors (Lipinski definition) is 7. The summed E-state index contributed by atoms with van der Waals surface area (Å²) in [5.74, 6) is 0. The van der Waals surface area contributed by atoms with E-state index < -0.39 is 43.3 Å². The molecule has 0 aromatic rings. The zero-order valence-electron chi connectivity index (χ0n) is 15.3. The molecule has 0 aromatic heterocycles. The fourth-order valence-corrected chi connectivity index (χ4v) is 1.94. The minimum atomic E-state index is -0.928. The summed E-state index contributed by atoms with van der Waals surface area (Å²) in [7, 11) is 1.00. The molecule has 2 rings (SSSR count). The van der Waals surface area contributed by atoms with Gasteiger partial charge in [-0.3, -0.25) is 0 Å². The van der Waals surface area contributed by atoms with Crippen molar-refractivity contribution in [3.05, 3.63) is 0 Å². The second-order valence-electron chi connectivity index (χ2n) is 5.33. The van der Waals surface area contributed by atoms with Gasteiger partial charge in [-0.15, -0.1) is 0 Å². The Bertz CT molecular complexity index is 341. The summed E-state index contributed by atoms with van der Waals surface area (Å²) in [4.78, 5) is 10.4. The van der Waals surface area contributed by atoms with Crippen LogP contribution in [0.1, 0.15) is 12.8 Å². The summed E-state index contributed by atoms with van der Waals surface area (Å²) >= 11 is 0. The number of aliphatic hydroxyl groups is 6. The third-order valence-electron chi connectivity index (χ3n) is 3.27. The number of hydrogen-bond acceptors (Lipinski definition) is 10. The molecule has 164 valence electrons. The van der Waals surface area contributed by atoms with Gasteiger partial charge in [0.25, 0.3) is 0 Å². The molecule has 0 spiro atoms. The number of ether oxygens (including phenoxy) is 3. The summed E-state index contributed by atoms with van der Waals surface area (Å²) in [5.41, 5.74) is 4.80. The Labute approximate surface area is 157 Å². The van der Waals surface area contributed by atoms with Crippen LogP contribution in [0.5, 0.6) is 0 Å². The van der Waals surface area contributed by atoms with E-state index in [0.29, 0.717) is 13.0 Å². The molecular formula is C15H32FNO10. The summed E-state index contributed by atoms with van der Waals surface area (Å²) in [6.45, 7) is -0.242. The van der Waals surface area contributed by atoms with Gasteiger partial charge in [0.15, 0.2) is 0 Å². The Balaban J connectivity index is 0. The van der Waals surface area contributed by atoms with Crippen molar-refractivity contribution in [2.45, 2.75) is 43.4 Å². The number of nitrogens with two attached hydrogens (primary N) is 1. The second-order valence-corrected chi connectivity index (χ2v) is 5.33. The number of alkyl halides is 1. The lowest BCUT2D eigenvalue weighted by atomic mass is 10.0. The molecule has 1 amide bonds. The van der Waals surface area contributed by atoms with E-state index in [1.165, 1.54) is 0 Å². The van der Waals surface area contributed by atoms with Crippen LogP contribution >= 0.6 is 0 Å². The highest BCUT2D eigenvalue weighted by molar-refractivity contribution is 5.64. The zero-order valence-corrected chi connectivity index (χ0v) is 15.3. The van der Waals surface area contributed by atoms with Gasteiger partial charge in [-0.2, -0.15) is 0 Å². The molecule has 0 aromatic carbocycles. The van der Waals surface area contributed by atoms with Crippen LogP contribution in [0.15, 0.2) is 0 Å². The van der Waals surface area contributed by atoms with Gasteiger partial charge < -0.3 is 50.6 Å². The second kappa shape index (κ2) is 18.3. The fraction of sp³-hybridized carbons (Fsp3) is 0.933. The van der Waals surface area contributed by atoms with Crippen LogP contribution < -0.4 is 5.73 Å². The highest BCUT2D eigenvalue weighted by atomic mass is 19.1. The Morgan fingerprint density at radius 1 is 1.15 bits per heavy atom. The van der Waals surface area contributed by atoms with Crippen molar-refractivity contribution in [2.75, 3.05) is 46.8 Å². The van der Waals surface area contributed by atoms with E-state index in [4.69, 9.17) is 40.7 Å². The first-order valence-electron chi connectivity index (χ1n) is 8.27. The fourth-order valence-electron chi connectivity index (χ4n) is 1.94. The molecule has 5 atom stereocenters. The number of rotatable bonds is 3. The standard InChI is InChI=1S/C7H13NO5.C5H10O3.C2H5FO.CH4O/c8-7(11)13-6-1-4(2-9)12-3-5(6)10;6-4-1-2-8-3-5(4)7;3-1-2-4;1-2/h4-6,9-10H,1-3H2,(H2,8,11);4-7H,1-3H2;4H,1-2H2;2H,1H3. The van der Waals surface area contributed by atoms with Crippen molar-refractivity contribution in [2.24, 2.45) is 5.73 Å². The van der Waals surface area contributed by atoms with Gasteiger partial charge in [0, 0.05) is 20.1 Å². The SMILES string of the molecule is CO.NC(=O)OC1CC(CO)OCC1O.OC1CCOCC1O.OCCF. The number of aliphatic hydroxyl groups excluding tert-OH is 6. The molecule has 0 saturated carbocycles. The molecule has 27 heavy (non-hydrogen) atoms. The molecule has 2 heterocycles. The van der Waals surface area contributed by atoms with Crippen molar-refractivity contribution in [1.29, 1.82) is 0 Å². The van der Waals surface area contributed by atoms with E-state index >= 15 is 0 Å². The number of amides is 1. The molecule has 2 saturated heterocycles. The lowest BCUT2D eigenvalue weighted by Gasteiger charge is -2.31. The average molecular weight is 405 g/mol. The predicted octanol–water partition coefficient (Wildman–Crippen LogP) is -2.72.